The van der Waals surface area contributed by atoms with Crippen molar-refractivity contribution in [2.75, 3.05) is 0 Å². The van der Waals surface area contributed by atoms with Gasteiger partial charge < -0.3 is 44.5 Å². The van der Waals surface area contributed by atoms with Gasteiger partial charge in [0.05, 0.1) is 18.3 Å². The topological polar surface area (TPSA) is 138 Å². The number of ether oxygens (including phenoxy) is 4. The van der Waals surface area contributed by atoms with Crippen molar-refractivity contribution in [1.82, 2.24) is 0 Å². The van der Waals surface area contributed by atoms with E-state index >= 15 is 0 Å². The average Bonchev–Trinajstić information content (AvgIpc) is 2.51. The highest BCUT2D eigenvalue weighted by Crippen LogP contribution is 2.29. The van der Waals surface area contributed by atoms with Crippen LogP contribution in [0.2, 0.25) is 0 Å². The van der Waals surface area contributed by atoms with Crippen LogP contribution in [-0.4, -0.2) is 93.0 Å². The number of hydrogen-bond donors (Lipinski definition) is 5. The van der Waals surface area contributed by atoms with Crippen LogP contribution < -0.4 is 0 Å². The molecule has 5 N–H and O–H groups in total. The molecule has 0 saturated carbocycles. The van der Waals surface area contributed by atoms with Gasteiger partial charge in [0.2, 0.25) is 0 Å². The minimum atomic E-state index is -1.53. The fourth-order valence-corrected chi connectivity index (χ4v) is 2.81. The Labute approximate surface area is 140 Å². The summed E-state index contributed by atoms with van der Waals surface area (Å²) in [6, 6.07) is 0. The Bertz CT molecular complexity index is 406. The molecule has 0 aromatic heterocycles. The Morgan fingerprint density at radius 1 is 0.708 bits per heavy atom. The SMILES string of the molecule is CC(C)OC1O[C@H](C)[C@@H](O)[C@H](O)[C@@H]1OC1O[C@H](C)[C@@H](O)[C@H](O)[C@@H]1O. The molecule has 0 radical (unpaired) electrons. The highest BCUT2D eigenvalue weighted by atomic mass is 16.8. The lowest BCUT2D eigenvalue weighted by Gasteiger charge is -2.45. The van der Waals surface area contributed by atoms with E-state index in [1.807, 2.05) is 0 Å². The summed E-state index contributed by atoms with van der Waals surface area (Å²) in [6.07, 6.45) is -12.0. The molecule has 2 unspecified atom stereocenters. The van der Waals surface area contributed by atoms with Crippen molar-refractivity contribution in [2.24, 2.45) is 0 Å². The van der Waals surface area contributed by atoms with Crippen molar-refractivity contribution < 1.29 is 44.5 Å². The molecule has 0 spiro atoms. The van der Waals surface area contributed by atoms with Gasteiger partial charge in [-0.3, -0.25) is 0 Å². The van der Waals surface area contributed by atoms with Crippen molar-refractivity contribution in [2.45, 2.75) is 95.2 Å². The first-order chi connectivity index (χ1) is 11.1. The zero-order chi connectivity index (χ0) is 18.2. The zero-order valence-electron chi connectivity index (χ0n) is 14.2. The van der Waals surface area contributed by atoms with Gasteiger partial charge in [-0.25, -0.2) is 0 Å². The maximum atomic E-state index is 10.3. The van der Waals surface area contributed by atoms with Crippen LogP contribution in [0.15, 0.2) is 0 Å². The number of rotatable bonds is 4. The van der Waals surface area contributed by atoms with Crippen LogP contribution in [-0.2, 0) is 18.9 Å². The predicted octanol–water partition coefficient (Wildman–Crippen LogP) is -1.91. The van der Waals surface area contributed by atoms with Crippen LogP contribution in [0, 0.1) is 0 Å². The molecular weight excluding hydrogens is 324 g/mol. The second kappa shape index (κ2) is 7.90. The van der Waals surface area contributed by atoms with Crippen LogP contribution in [0.1, 0.15) is 27.7 Å². The standard InChI is InChI=1S/C15H28O9/c1-5(2)21-15-13(11(19)9(17)7(4)23-15)24-14-12(20)10(18)8(16)6(3)22-14/h5-20H,1-4H3/t6-,7-,8-,9-,10+,11+,12+,13+,14?,15?/m1/s1. The summed E-state index contributed by atoms with van der Waals surface area (Å²) in [4.78, 5) is 0. The predicted molar refractivity (Wildman–Crippen MR) is 79.8 cm³/mol. The summed E-state index contributed by atoms with van der Waals surface area (Å²) >= 11 is 0. The van der Waals surface area contributed by atoms with Crippen LogP contribution in [0.3, 0.4) is 0 Å². The Morgan fingerprint density at radius 3 is 1.75 bits per heavy atom. The van der Waals surface area contributed by atoms with Gasteiger partial charge in [-0.05, 0) is 27.7 Å². The molecule has 0 aliphatic carbocycles. The fourth-order valence-electron chi connectivity index (χ4n) is 2.81. The lowest BCUT2D eigenvalue weighted by atomic mass is 9.98. The molecule has 0 aromatic carbocycles. The van der Waals surface area contributed by atoms with Gasteiger partial charge in [-0.1, -0.05) is 0 Å². The van der Waals surface area contributed by atoms with Crippen LogP contribution in [0.25, 0.3) is 0 Å². The fraction of sp³-hybridized carbons (Fsp3) is 1.00. The van der Waals surface area contributed by atoms with E-state index in [-0.39, 0.29) is 6.10 Å². The zero-order valence-corrected chi connectivity index (χ0v) is 14.2. The maximum Gasteiger partial charge on any atom is 0.187 e. The Balaban J connectivity index is 2.13. The van der Waals surface area contributed by atoms with Crippen molar-refractivity contribution in [3.8, 4) is 0 Å². The third-order valence-electron chi connectivity index (χ3n) is 4.29. The first-order valence-electron chi connectivity index (χ1n) is 8.15. The van der Waals surface area contributed by atoms with Gasteiger partial charge in [-0.15, -0.1) is 0 Å². The highest BCUT2D eigenvalue weighted by molar-refractivity contribution is 4.92. The molecule has 2 fully saturated rings. The van der Waals surface area contributed by atoms with Gasteiger partial charge in [0.25, 0.3) is 0 Å². The maximum absolute atomic E-state index is 10.3. The van der Waals surface area contributed by atoms with Gasteiger partial charge in [0, 0.05) is 0 Å². The van der Waals surface area contributed by atoms with E-state index in [4.69, 9.17) is 18.9 Å². The van der Waals surface area contributed by atoms with Crippen molar-refractivity contribution in [3.63, 3.8) is 0 Å². The summed E-state index contributed by atoms with van der Waals surface area (Å²) in [7, 11) is 0. The largest absolute Gasteiger partial charge is 0.388 e. The molecule has 2 rings (SSSR count). The summed E-state index contributed by atoms with van der Waals surface area (Å²) in [5, 5.41) is 49.9. The summed E-state index contributed by atoms with van der Waals surface area (Å²) in [5.74, 6) is 0. The number of aliphatic hydroxyl groups is 5. The van der Waals surface area contributed by atoms with Crippen LogP contribution in [0.5, 0.6) is 0 Å². The molecule has 0 aromatic rings. The van der Waals surface area contributed by atoms with E-state index in [1.165, 1.54) is 6.92 Å². The molecule has 2 saturated heterocycles. The summed E-state index contributed by atoms with van der Waals surface area (Å²) in [6.45, 7) is 6.66. The van der Waals surface area contributed by atoms with Gasteiger partial charge in [0.1, 0.15) is 36.6 Å². The second-order valence-electron chi connectivity index (χ2n) is 6.66. The Morgan fingerprint density at radius 2 is 1.21 bits per heavy atom. The molecule has 2 aliphatic heterocycles. The molecule has 142 valence electrons. The summed E-state index contributed by atoms with van der Waals surface area (Å²) < 4.78 is 22.1. The van der Waals surface area contributed by atoms with E-state index in [1.54, 1.807) is 20.8 Å². The van der Waals surface area contributed by atoms with Crippen molar-refractivity contribution in [3.05, 3.63) is 0 Å². The molecule has 9 heteroatoms. The lowest BCUT2D eigenvalue weighted by Crippen LogP contribution is -2.63. The number of aliphatic hydroxyl groups excluding tert-OH is 5. The lowest BCUT2D eigenvalue weighted by molar-refractivity contribution is -0.365. The van der Waals surface area contributed by atoms with Crippen LogP contribution >= 0.6 is 0 Å². The van der Waals surface area contributed by atoms with Crippen molar-refractivity contribution in [1.29, 1.82) is 0 Å². The molecule has 24 heavy (non-hydrogen) atoms. The van der Waals surface area contributed by atoms with Gasteiger partial charge >= 0.3 is 0 Å². The minimum absolute atomic E-state index is 0.237. The van der Waals surface area contributed by atoms with Gasteiger partial charge in [-0.2, -0.15) is 0 Å². The van der Waals surface area contributed by atoms with Gasteiger partial charge in [0.15, 0.2) is 12.6 Å². The van der Waals surface area contributed by atoms with Crippen LogP contribution in [0.4, 0.5) is 0 Å². The van der Waals surface area contributed by atoms with E-state index in [0.29, 0.717) is 0 Å². The molecule has 0 amide bonds. The van der Waals surface area contributed by atoms with E-state index in [0.717, 1.165) is 0 Å². The molecule has 10 atom stereocenters. The molecule has 0 bridgehead atoms. The Hall–Kier alpha value is -0.360. The molecular formula is C15H28O9. The third-order valence-corrected chi connectivity index (χ3v) is 4.29. The normalized spacial score (nSPS) is 50.2. The smallest absolute Gasteiger partial charge is 0.187 e. The molecule has 2 aliphatic rings. The molecule has 9 nitrogen and oxygen atoms in total. The number of hydrogen-bond acceptors (Lipinski definition) is 9. The first-order valence-corrected chi connectivity index (χ1v) is 8.15. The van der Waals surface area contributed by atoms with E-state index in [2.05, 4.69) is 0 Å². The third kappa shape index (κ3) is 4.06. The monoisotopic (exact) mass is 352 g/mol. The summed E-state index contributed by atoms with van der Waals surface area (Å²) in [5.41, 5.74) is 0. The van der Waals surface area contributed by atoms with E-state index < -0.39 is 61.4 Å². The Kier molecular flexibility index (Phi) is 6.57. The molecule has 2 heterocycles. The quantitative estimate of drug-likeness (QED) is 0.392. The van der Waals surface area contributed by atoms with Crippen molar-refractivity contribution >= 4 is 0 Å². The second-order valence-corrected chi connectivity index (χ2v) is 6.66. The average molecular weight is 352 g/mol. The highest BCUT2D eigenvalue weighted by Gasteiger charge is 2.49. The van der Waals surface area contributed by atoms with E-state index in [9.17, 15) is 25.5 Å². The first kappa shape index (κ1) is 20.0. The minimum Gasteiger partial charge on any atom is -0.388 e.